The maximum absolute atomic E-state index is 5.55. The summed E-state index contributed by atoms with van der Waals surface area (Å²) in [6, 6.07) is 0. The minimum atomic E-state index is -0.0823. The molecule has 0 saturated carbocycles. The highest BCUT2D eigenvalue weighted by Crippen LogP contribution is 2.20. The minimum Gasteiger partial charge on any atom is -0.366 e. The number of hydrogen-bond acceptors (Lipinski definition) is 15. The fourth-order valence-corrected chi connectivity index (χ4v) is 4.04. The molecule has 20 heteroatoms. The second-order valence-electron chi connectivity index (χ2n) is 9.91. The summed E-state index contributed by atoms with van der Waals surface area (Å²) in [6.45, 7) is 18.7. The van der Waals surface area contributed by atoms with Gasteiger partial charge in [0.1, 0.15) is 25.6 Å². The summed E-state index contributed by atoms with van der Waals surface area (Å²) < 4.78 is 31.6. The van der Waals surface area contributed by atoms with Crippen molar-refractivity contribution in [3.8, 4) is 0 Å². The lowest BCUT2D eigenvalue weighted by molar-refractivity contribution is -0.0366. The lowest BCUT2D eigenvalue weighted by atomic mass is 9.88. The van der Waals surface area contributed by atoms with Crippen molar-refractivity contribution in [1.82, 2.24) is 45.4 Å². The van der Waals surface area contributed by atoms with Crippen LogP contribution in [-0.4, -0.2) is 121 Å². The van der Waals surface area contributed by atoms with Crippen molar-refractivity contribution in [1.29, 1.82) is 0 Å². The van der Waals surface area contributed by atoms with Gasteiger partial charge in [0, 0.05) is 39.3 Å². The summed E-state index contributed by atoms with van der Waals surface area (Å²) in [5, 5.41) is 14.4. The van der Waals surface area contributed by atoms with Crippen molar-refractivity contribution in [3.05, 3.63) is 35.1 Å². The molecule has 3 aliphatic rings. The second-order valence-corrected chi connectivity index (χ2v) is 9.91. The molecule has 0 spiro atoms. The number of hydrogen-bond donors (Lipinski definition) is 1. The SMILES string of the molecule is C.C.C.C.C.C.C.C.C.C.C.C.C.C.C.C.C[B]C.C[B]N1CCOC(c2nc(C)no2)C1.Cc1noc(C2CN(C)CCO2)n1.Cc1noc(C2CNCCO2)n1.P.P.P. The van der Waals surface area contributed by atoms with E-state index in [0.717, 1.165) is 45.9 Å². The van der Waals surface area contributed by atoms with E-state index in [9.17, 15) is 0 Å². The van der Waals surface area contributed by atoms with Crippen LogP contribution in [0.2, 0.25) is 20.5 Å². The number of likely N-dealkylation sites (N-methyl/N-ethyl adjacent to an activating group) is 1. The minimum absolute atomic E-state index is 0. The summed E-state index contributed by atoms with van der Waals surface area (Å²) in [4.78, 5) is 16.8. The van der Waals surface area contributed by atoms with Gasteiger partial charge in [-0.1, -0.05) is 155 Å². The molecule has 15 nitrogen and oxygen atoms in total. The highest BCUT2D eigenvalue weighted by Gasteiger charge is 2.26. The van der Waals surface area contributed by atoms with Gasteiger partial charge < -0.3 is 42.8 Å². The maximum atomic E-state index is 5.55. The third kappa shape index (κ3) is 41.1. The van der Waals surface area contributed by atoms with Gasteiger partial charge in [-0.3, -0.25) is 0 Å². The van der Waals surface area contributed by atoms with Crippen molar-refractivity contribution in [2.45, 2.75) is 178 Å². The van der Waals surface area contributed by atoms with Crippen molar-refractivity contribution in [2.75, 3.05) is 66.1 Å². The average Bonchev–Trinajstić information content (AvgIpc) is 3.76. The predicted octanol–water partition coefficient (Wildman–Crippen LogP) is 12.0. The van der Waals surface area contributed by atoms with Gasteiger partial charge >= 0.3 is 0 Å². The lowest BCUT2D eigenvalue weighted by Crippen LogP contribution is -2.39. The molecule has 0 aromatic carbocycles. The molecular weight excluding hydrogens is 829 g/mol. The first-order valence-corrected chi connectivity index (χ1v) is 14.2. The van der Waals surface area contributed by atoms with Crippen LogP contribution in [0.15, 0.2) is 13.6 Å². The average molecular weight is 946 g/mol. The lowest BCUT2D eigenvalue weighted by Gasteiger charge is -2.29. The van der Waals surface area contributed by atoms with Gasteiger partial charge in [0.2, 0.25) is 7.41 Å². The molecule has 3 aliphatic heterocycles. The van der Waals surface area contributed by atoms with E-state index in [1.807, 2.05) is 27.7 Å². The summed E-state index contributed by atoms with van der Waals surface area (Å²) in [6.07, 6.45) is -0.207. The molecule has 382 valence electrons. The van der Waals surface area contributed by atoms with Gasteiger partial charge in [0.15, 0.2) is 17.5 Å². The van der Waals surface area contributed by atoms with Crippen LogP contribution in [0, 0.1) is 20.8 Å². The Hall–Kier alpha value is -1.40. The first-order chi connectivity index (χ1) is 20.3. The molecule has 3 aromatic rings. The molecule has 0 bridgehead atoms. The van der Waals surface area contributed by atoms with E-state index in [1.54, 1.807) is 20.8 Å². The number of ether oxygens (including phenoxy) is 3. The van der Waals surface area contributed by atoms with Gasteiger partial charge in [-0.05, 0) is 27.8 Å². The molecule has 6 atom stereocenters. The van der Waals surface area contributed by atoms with Crippen LogP contribution in [0.3, 0.4) is 0 Å². The Labute approximate surface area is 396 Å². The van der Waals surface area contributed by atoms with Gasteiger partial charge in [-0.25, -0.2) is 0 Å². The summed E-state index contributed by atoms with van der Waals surface area (Å²) >= 11 is 0. The molecule has 3 fully saturated rings. The fourth-order valence-electron chi connectivity index (χ4n) is 4.04. The number of aryl methyl sites for hydroxylation is 3. The highest BCUT2D eigenvalue weighted by molar-refractivity contribution is 6.92. The predicted molar refractivity (Wildman–Crippen MR) is 295 cm³/mol. The standard InChI is InChI=1S/C8H13BN3O2.C8H13N3O2.C7H11N3O2.C2H6B.16CH4.3H3P/c1-6-10-8(14-11-6)7-5-12(9-2)3-4-13-7;1-6-9-8(13-10-6)7-5-11(2)3-4-12-7;1-5-9-7(12-10-5)6-4-8-2-3-11-6;1-3-2;;;;;;;;;;;;;;;;;;;/h7H,3-5H2,1-2H3;7H,3-5H2,1-2H3;6,8H,2-4H2,1H3;1-2H3;16*1H4;3*1H3. The van der Waals surface area contributed by atoms with Crippen LogP contribution in [-0.2, 0) is 14.2 Å². The van der Waals surface area contributed by atoms with E-state index in [0.29, 0.717) is 48.4 Å². The van der Waals surface area contributed by atoms with E-state index in [1.165, 1.54) is 0 Å². The number of aromatic nitrogens is 6. The summed E-state index contributed by atoms with van der Waals surface area (Å²) in [7, 11) is 6.11. The third-order valence-electron chi connectivity index (χ3n) is 6.12. The van der Waals surface area contributed by atoms with Crippen molar-refractivity contribution in [3.63, 3.8) is 0 Å². The van der Waals surface area contributed by atoms with Gasteiger partial charge in [0.25, 0.3) is 17.7 Å². The molecule has 61 heavy (non-hydrogen) atoms. The Balaban J connectivity index is -0.0000000267. The summed E-state index contributed by atoms with van der Waals surface area (Å²) in [5.41, 5.74) is 0. The van der Waals surface area contributed by atoms with Gasteiger partial charge in [0.05, 0.1) is 19.8 Å². The van der Waals surface area contributed by atoms with Gasteiger partial charge in [-0.15, -0.1) is 0 Å². The molecule has 2 radical (unpaired) electrons. The smallest absolute Gasteiger partial charge is 0.257 e. The molecular formula is C41H116B2N9O6P3. The first kappa shape index (κ1) is 113. The molecule has 3 saturated heterocycles. The number of nitrogens with zero attached hydrogens (tertiary/aromatic N) is 8. The van der Waals surface area contributed by atoms with E-state index in [4.69, 9.17) is 27.8 Å². The first-order valence-electron chi connectivity index (χ1n) is 14.2. The van der Waals surface area contributed by atoms with E-state index in [2.05, 4.69) is 59.9 Å². The van der Waals surface area contributed by atoms with E-state index >= 15 is 0 Å². The number of nitrogens with one attached hydrogen (secondary N) is 1. The largest absolute Gasteiger partial charge is 0.366 e. The monoisotopic (exact) mass is 946 g/mol. The topological polar surface area (TPSA) is 163 Å². The maximum Gasteiger partial charge on any atom is 0.257 e. The normalized spacial score (nSPS) is 15.8. The molecule has 3 aromatic heterocycles. The van der Waals surface area contributed by atoms with Crippen molar-refractivity contribution < 1.29 is 27.8 Å². The summed E-state index contributed by atoms with van der Waals surface area (Å²) in [5.74, 6) is 3.70. The number of morpholine rings is 3. The fraction of sp³-hybridized carbons (Fsp3) is 0.854. The Bertz CT molecular complexity index is 1170. The van der Waals surface area contributed by atoms with Crippen LogP contribution in [0.1, 0.15) is 172 Å². The third-order valence-corrected chi connectivity index (χ3v) is 6.12. The second kappa shape index (κ2) is 62.9. The Morgan fingerprint density at radius 3 is 1.13 bits per heavy atom. The van der Waals surface area contributed by atoms with E-state index in [-0.39, 0.29) is 167 Å². The quantitative estimate of drug-likeness (QED) is 0.194. The Kier molecular flexibility index (Phi) is 116. The van der Waals surface area contributed by atoms with E-state index < -0.39 is 0 Å². The Morgan fingerprint density at radius 2 is 0.836 bits per heavy atom. The molecule has 6 unspecified atom stereocenters. The molecule has 6 rings (SSSR count). The van der Waals surface area contributed by atoms with Crippen LogP contribution in [0.4, 0.5) is 0 Å². The zero-order chi connectivity index (χ0) is 30.3. The van der Waals surface area contributed by atoms with Crippen molar-refractivity contribution >= 4 is 44.4 Å². The highest BCUT2D eigenvalue weighted by atomic mass is 31.0. The molecule has 0 aliphatic carbocycles. The zero-order valence-electron chi connectivity index (χ0n) is 27.9. The van der Waals surface area contributed by atoms with Gasteiger partial charge in [-0.2, -0.15) is 44.6 Å². The molecule has 0 amide bonds. The number of rotatable bonds is 4. The molecule has 6 heterocycles. The molecule has 1 N–H and O–H groups in total. The van der Waals surface area contributed by atoms with Crippen molar-refractivity contribution in [2.24, 2.45) is 0 Å². The van der Waals surface area contributed by atoms with Crippen LogP contribution in [0.25, 0.3) is 0 Å². The van der Waals surface area contributed by atoms with Crippen LogP contribution in [0.5, 0.6) is 0 Å². The van der Waals surface area contributed by atoms with Crippen LogP contribution < -0.4 is 5.32 Å². The Morgan fingerprint density at radius 1 is 0.508 bits per heavy atom. The van der Waals surface area contributed by atoms with Crippen LogP contribution >= 0.6 is 29.7 Å². The zero-order valence-corrected chi connectivity index (χ0v) is 32.1.